The molecule has 0 bridgehead atoms. The molecular weight excluding hydrogens is 280 g/mol. The predicted molar refractivity (Wildman–Crippen MR) is 82.6 cm³/mol. The van der Waals surface area contributed by atoms with Crippen LogP contribution < -0.4 is 10.2 Å². The molecule has 0 spiro atoms. The molecule has 22 heavy (non-hydrogen) atoms. The van der Waals surface area contributed by atoms with Crippen molar-refractivity contribution >= 4 is 17.5 Å². The van der Waals surface area contributed by atoms with Gasteiger partial charge in [-0.15, -0.1) is 0 Å². The summed E-state index contributed by atoms with van der Waals surface area (Å²) >= 11 is 0. The lowest BCUT2D eigenvalue weighted by atomic mass is 10.2. The van der Waals surface area contributed by atoms with E-state index < -0.39 is 0 Å². The quantitative estimate of drug-likeness (QED) is 0.944. The molecular formula is C17H18N2O3. The number of nitrogens with zero attached hydrogens (tertiary/aromatic N) is 1. The van der Waals surface area contributed by atoms with E-state index in [4.69, 9.17) is 4.42 Å². The second-order valence-electron chi connectivity index (χ2n) is 5.41. The van der Waals surface area contributed by atoms with Gasteiger partial charge >= 0.3 is 0 Å². The number of aryl methyl sites for hydroxylation is 1. The van der Waals surface area contributed by atoms with Crippen molar-refractivity contribution in [3.05, 3.63) is 53.5 Å². The smallest absolute Gasteiger partial charge is 0.287 e. The molecule has 1 aliphatic heterocycles. The van der Waals surface area contributed by atoms with Crippen LogP contribution in [0, 0.1) is 6.92 Å². The first-order valence-electron chi connectivity index (χ1n) is 7.37. The van der Waals surface area contributed by atoms with Crippen LogP contribution in [-0.4, -0.2) is 18.4 Å². The fraction of sp³-hybridized carbons (Fsp3) is 0.294. The Kier molecular flexibility index (Phi) is 3.96. The summed E-state index contributed by atoms with van der Waals surface area (Å²) in [4.78, 5) is 25.5. The zero-order valence-corrected chi connectivity index (χ0v) is 12.5. The van der Waals surface area contributed by atoms with Crippen LogP contribution in [0.4, 0.5) is 5.69 Å². The van der Waals surface area contributed by atoms with Gasteiger partial charge in [-0.3, -0.25) is 9.59 Å². The molecule has 1 fully saturated rings. The molecule has 1 aromatic carbocycles. The Morgan fingerprint density at radius 1 is 1.32 bits per heavy atom. The van der Waals surface area contributed by atoms with Crippen molar-refractivity contribution in [2.75, 3.05) is 11.4 Å². The molecule has 2 amide bonds. The van der Waals surface area contributed by atoms with Gasteiger partial charge in [0, 0.05) is 25.2 Å². The first-order valence-corrected chi connectivity index (χ1v) is 7.37. The van der Waals surface area contributed by atoms with E-state index in [-0.39, 0.29) is 11.8 Å². The number of furan rings is 1. The minimum atomic E-state index is -0.240. The van der Waals surface area contributed by atoms with Crippen molar-refractivity contribution in [2.45, 2.75) is 26.3 Å². The van der Waals surface area contributed by atoms with Crippen molar-refractivity contribution in [3.8, 4) is 0 Å². The van der Waals surface area contributed by atoms with Crippen LogP contribution in [0.25, 0.3) is 0 Å². The summed E-state index contributed by atoms with van der Waals surface area (Å²) in [6.45, 7) is 2.96. The monoisotopic (exact) mass is 298 g/mol. The van der Waals surface area contributed by atoms with Gasteiger partial charge in [0.1, 0.15) is 5.76 Å². The summed E-state index contributed by atoms with van der Waals surface area (Å²) in [6.07, 6.45) is 1.51. The molecule has 0 atom stereocenters. The maximum atomic E-state index is 12.0. The summed E-state index contributed by atoms with van der Waals surface area (Å²) in [5, 5.41) is 2.82. The highest BCUT2D eigenvalue weighted by Crippen LogP contribution is 2.22. The van der Waals surface area contributed by atoms with Gasteiger partial charge in [-0.2, -0.15) is 0 Å². The van der Waals surface area contributed by atoms with Gasteiger partial charge in [-0.25, -0.2) is 0 Å². The van der Waals surface area contributed by atoms with Crippen LogP contribution in [0.1, 0.15) is 34.7 Å². The number of hydrogen-bond acceptors (Lipinski definition) is 3. The van der Waals surface area contributed by atoms with Crippen molar-refractivity contribution in [3.63, 3.8) is 0 Å². The first-order chi connectivity index (χ1) is 10.6. The molecule has 1 aromatic heterocycles. The molecule has 1 aliphatic rings. The number of hydrogen-bond donors (Lipinski definition) is 1. The summed E-state index contributed by atoms with van der Waals surface area (Å²) < 4.78 is 5.29. The number of anilines is 1. The topological polar surface area (TPSA) is 62.6 Å². The number of nitrogens with one attached hydrogen (secondary N) is 1. The molecule has 2 heterocycles. The molecule has 2 aromatic rings. The number of benzene rings is 1. The van der Waals surface area contributed by atoms with Crippen LogP contribution in [-0.2, 0) is 11.3 Å². The summed E-state index contributed by atoms with van der Waals surface area (Å²) in [7, 11) is 0. The minimum absolute atomic E-state index is 0.159. The van der Waals surface area contributed by atoms with E-state index in [1.165, 1.54) is 0 Å². The molecule has 1 N–H and O–H groups in total. The second kappa shape index (κ2) is 6.05. The molecule has 114 valence electrons. The minimum Gasteiger partial charge on any atom is -0.456 e. The lowest BCUT2D eigenvalue weighted by molar-refractivity contribution is -0.117. The molecule has 1 saturated heterocycles. The lowest BCUT2D eigenvalue weighted by Crippen LogP contribution is -2.25. The molecule has 0 radical (unpaired) electrons. The highest BCUT2D eigenvalue weighted by Gasteiger charge is 2.21. The third kappa shape index (κ3) is 3.03. The van der Waals surface area contributed by atoms with E-state index in [2.05, 4.69) is 5.32 Å². The number of carbonyl (C=O) groups is 2. The van der Waals surface area contributed by atoms with Gasteiger partial charge in [0.15, 0.2) is 5.76 Å². The van der Waals surface area contributed by atoms with Gasteiger partial charge in [-0.1, -0.05) is 12.1 Å². The van der Waals surface area contributed by atoms with Crippen LogP contribution in [0.2, 0.25) is 0 Å². The zero-order valence-electron chi connectivity index (χ0n) is 12.5. The number of amides is 2. The maximum absolute atomic E-state index is 12.0. The van der Waals surface area contributed by atoms with Crippen molar-refractivity contribution in [1.82, 2.24) is 5.32 Å². The Hall–Kier alpha value is -2.56. The molecule has 0 unspecified atom stereocenters. The number of rotatable bonds is 4. The van der Waals surface area contributed by atoms with Crippen LogP contribution in [0.5, 0.6) is 0 Å². The Bertz CT molecular complexity index is 705. The number of carbonyl (C=O) groups excluding carboxylic acids is 2. The van der Waals surface area contributed by atoms with Gasteiger partial charge in [0.25, 0.3) is 5.91 Å². The van der Waals surface area contributed by atoms with Crippen LogP contribution >= 0.6 is 0 Å². The summed E-state index contributed by atoms with van der Waals surface area (Å²) in [6, 6.07) is 11.1. The fourth-order valence-electron chi connectivity index (χ4n) is 2.58. The average molecular weight is 298 g/mol. The molecule has 5 heteroatoms. The van der Waals surface area contributed by atoms with E-state index in [9.17, 15) is 9.59 Å². The Morgan fingerprint density at radius 3 is 2.86 bits per heavy atom. The fourth-order valence-corrected chi connectivity index (χ4v) is 2.58. The van der Waals surface area contributed by atoms with E-state index in [0.29, 0.717) is 24.5 Å². The Balaban J connectivity index is 1.65. The van der Waals surface area contributed by atoms with E-state index >= 15 is 0 Å². The second-order valence-corrected chi connectivity index (χ2v) is 5.41. The molecule has 3 rings (SSSR count). The Labute approximate surface area is 128 Å². The average Bonchev–Trinajstić information content (AvgIpc) is 3.13. The molecule has 0 saturated carbocycles. The standard InChI is InChI=1S/C17H18N2O3/c1-12-7-8-15(22-12)17(21)18-11-13-4-2-5-14(10-13)19-9-3-6-16(19)20/h2,4-5,7-8,10H,3,6,9,11H2,1H3,(H,18,21). The largest absolute Gasteiger partial charge is 0.456 e. The lowest BCUT2D eigenvalue weighted by Gasteiger charge is -2.16. The van der Waals surface area contributed by atoms with Crippen LogP contribution in [0.15, 0.2) is 40.8 Å². The van der Waals surface area contributed by atoms with Gasteiger partial charge in [0.2, 0.25) is 5.91 Å². The maximum Gasteiger partial charge on any atom is 0.287 e. The van der Waals surface area contributed by atoms with Crippen molar-refractivity contribution in [1.29, 1.82) is 0 Å². The van der Waals surface area contributed by atoms with Gasteiger partial charge < -0.3 is 14.6 Å². The van der Waals surface area contributed by atoms with Gasteiger partial charge in [0.05, 0.1) is 0 Å². The van der Waals surface area contributed by atoms with E-state index in [1.54, 1.807) is 24.0 Å². The van der Waals surface area contributed by atoms with E-state index in [1.807, 2.05) is 24.3 Å². The highest BCUT2D eigenvalue weighted by atomic mass is 16.3. The van der Waals surface area contributed by atoms with Crippen molar-refractivity contribution < 1.29 is 14.0 Å². The van der Waals surface area contributed by atoms with Crippen molar-refractivity contribution in [2.24, 2.45) is 0 Å². The normalized spacial score (nSPS) is 14.4. The Morgan fingerprint density at radius 2 is 2.18 bits per heavy atom. The first kappa shape index (κ1) is 14.4. The van der Waals surface area contributed by atoms with E-state index in [0.717, 1.165) is 24.2 Å². The van der Waals surface area contributed by atoms with Crippen LogP contribution in [0.3, 0.4) is 0 Å². The third-order valence-corrected chi connectivity index (χ3v) is 3.71. The third-order valence-electron chi connectivity index (χ3n) is 3.71. The zero-order chi connectivity index (χ0) is 15.5. The summed E-state index contributed by atoms with van der Waals surface area (Å²) in [5.74, 6) is 0.936. The highest BCUT2D eigenvalue weighted by molar-refractivity contribution is 5.95. The van der Waals surface area contributed by atoms with Gasteiger partial charge in [-0.05, 0) is 43.2 Å². The molecule has 0 aliphatic carbocycles. The summed E-state index contributed by atoms with van der Waals surface area (Å²) in [5.41, 5.74) is 1.84. The SMILES string of the molecule is Cc1ccc(C(=O)NCc2cccc(N3CCCC3=O)c2)o1. The predicted octanol–water partition coefficient (Wildman–Crippen LogP) is 2.64. The molecule has 5 nitrogen and oxygen atoms in total.